The highest BCUT2D eigenvalue weighted by molar-refractivity contribution is 7.79. The molecule has 0 spiro atoms. The van der Waals surface area contributed by atoms with Gasteiger partial charge in [0, 0.05) is 31.4 Å². The number of hydrogen-bond donors (Lipinski definition) is 6. The van der Waals surface area contributed by atoms with Crippen molar-refractivity contribution in [3.05, 3.63) is 12.7 Å². The molecule has 0 aromatic rings. The predicted molar refractivity (Wildman–Crippen MR) is 201 cm³/mol. The summed E-state index contributed by atoms with van der Waals surface area (Å²) in [6, 6.07) is -3.46. The van der Waals surface area contributed by atoms with Crippen molar-refractivity contribution < 1.29 is 32.7 Å². The highest BCUT2D eigenvalue weighted by Crippen LogP contribution is 2.34. The van der Waals surface area contributed by atoms with Gasteiger partial charge < -0.3 is 36.0 Å². The van der Waals surface area contributed by atoms with Gasteiger partial charge in [-0.15, -0.1) is 6.58 Å². The van der Waals surface area contributed by atoms with E-state index in [4.69, 9.17) is 4.55 Å². The number of hydrogen-bond acceptors (Lipinski definition) is 7. The van der Waals surface area contributed by atoms with Crippen LogP contribution >= 0.6 is 0 Å². The first kappa shape index (κ1) is 44.3. The van der Waals surface area contributed by atoms with Crippen LogP contribution in [0.1, 0.15) is 112 Å². The second-order valence-electron chi connectivity index (χ2n) is 15.6. The highest BCUT2D eigenvalue weighted by atomic mass is 32.2. The van der Waals surface area contributed by atoms with Crippen LogP contribution in [0.15, 0.2) is 12.7 Å². The highest BCUT2D eigenvalue weighted by Gasteiger charge is 2.47. The third-order valence-electron chi connectivity index (χ3n) is 10.2. The zero-order valence-electron chi connectivity index (χ0n) is 31.9. The third kappa shape index (κ3) is 14.6. The van der Waals surface area contributed by atoms with Crippen molar-refractivity contribution in [3.8, 4) is 0 Å². The Morgan fingerprint density at radius 2 is 1.67 bits per heavy atom. The van der Waals surface area contributed by atoms with E-state index in [1.807, 2.05) is 41.5 Å². The number of unbranched alkanes of at least 4 members (excludes halogenated alkanes) is 2. The van der Waals surface area contributed by atoms with Crippen LogP contribution in [0.5, 0.6) is 0 Å². The normalized spacial score (nSPS) is 20.6. The van der Waals surface area contributed by atoms with Gasteiger partial charge in [0.1, 0.15) is 12.1 Å². The smallest absolute Gasteiger partial charge is 0.315 e. The van der Waals surface area contributed by atoms with Crippen molar-refractivity contribution in [2.45, 2.75) is 136 Å². The minimum atomic E-state index is -1.81. The fourth-order valence-corrected chi connectivity index (χ4v) is 7.65. The zero-order valence-corrected chi connectivity index (χ0v) is 32.7. The maximum Gasteiger partial charge on any atom is 0.315 e. The Balaban J connectivity index is 2.25. The van der Waals surface area contributed by atoms with Gasteiger partial charge in [-0.1, -0.05) is 79.7 Å². The molecule has 6 N–H and O–H groups in total. The third-order valence-corrected chi connectivity index (χ3v) is 10.8. The second kappa shape index (κ2) is 22.3. The number of carbonyl (C=O) groups is 5. The Hall–Kier alpha value is -2.84. The Morgan fingerprint density at radius 3 is 2.25 bits per heavy atom. The van der Waals surface area contributed by atoms with E-state index in [9.17, 15) is 28.2 Å². The van der Waals surface area contributed by atoms with Gasteiger partial charge >= 0.3 is 6.03 Å². The van der Waals surface area contributed by atoms with Crippen molar-refractivity contribution in [2.24, 2.45) is 23.2 Å². The molecule has 0 bridgehead atoms. The molecule has 51 heavy (non-hydrogen) atoms. The summed E-state index contributed by atoms with van der Waals surface area (Å²) in [7, 11) is 0. The predicted octanol–water partition coefficient (Wildman–Crippen LogP) is 3.66. The fourth-order valence-electron chi connectivity index (χ4n) is 7.20. The van der Waals surface area contributed by atoms with E-state index in [1.54, 1.807) is 4.90 Å². The molecule has 2 rings (SSSR count). The van der Waals surface area contributed by atoms with Crippen molar-refractivity contribution >= 4 is 40.6 Å². The van der Waals surface area contributed by atoms with E-state index >= 15 is 0 Å². The summed E-state index contributed by atoms with van der Waals surface area (Å²) in [4.78, 5) is 69.4. The summed E-state index contributed by atoms with van der Waals surface area (Å²) >= 11 is -1.81. The van der Waals surface area contributed by atoms with Gasteiger partial charge in [0.2, 0.25) is 17.6 Å². The number of Topliss-reactive ketones (excluding diaryl/α,β-unsaturated/α-hetero) is 1. The van der Waals surface area contributed by atoms with Gasteiger partial charge in [-0.25, -0.2) is 9.00 Å². The van der Waals surface area contributed by atoms with E-state index in [2.05, 4.69) is 33.2 Å². The number of ketones is 1. The lowest BCUT2D eigenvalue weighted by atomic mass is 9.83. The van der Waals surface area contributed by atoms with E-state index < -0.39 is 58.2 Å². The van der Waals surface area contributed by atoms with E-state index in [1.165, 1.54) is 12.5 Å². The standard InChI is InChI=1S/C37H66N6O7S/c1-8-10-18-28(31(44)34(46)39-20-9-2)40-33(45)30-27(25(3)4)19-22-43(30)35(47)32(37(5,6)7)42-36(48)41-29(26-16-12-11-13-17-26)24-38-21-14-15-23-51(49)50/h9,25-30,32,38H,2,8,10-24H2,1,3-7H3,(H,39,46)(H,40,45)(H,49,50)(H2,41,42,48)/t27-,28?,29-,30+,32-/m1/s1. The lowest BCUT2D eigenvalue weighted by Crippen LogP contribution is -2.62. The van der Waals surface area contributed by atoms with Gasteiger partial charge in [0.05, 0.1) is 6.04 Å². The van der Waals surface area contributed by atoms with Crippen LogP contribution in [0.25, 0.3) is 0 Å². The molecule has 2 fully saturated rings. The molecule has 0 radical (unpaired) electrons. The van der Waals surface area contributed by atoms with Crippen molar-refractivity contribution in [1.82, 2.24) is 31.5 Å². The second-order valence-corrected chi connectivity index (χ2v) is 16.6. The first-order valence-electron chi connectivity index (χ1n) is 19.0. The van der Waals surface area contributed by atoms with Crippen molar-refractivity contribution in [3.63, 3.8) is 0 Å². The number of rotatable bonds is 21. The summed E-state index contributed by atoms with van der Waals surface area (Å²) in [6.07, 6.45) is 10.5. The maximum absolute atomic E-state index is 14.4. The molecule has 5 amide bonds. The summed E-state index contributed by atoms with van der Waals surface area (Å²) in [5.74, 6) is -1.97. The SMILES string of the molecule is C=CCNC(=O)C(=O)C(CCCC)NC(=O)[C@@H]1[C@@H](C(C)C)CCN1C(=O)[C@@H](NC(=O)N[C@H](CNCCCCS(=O)O)C1CCCCC1)C(C)(C)C. The summed E-state index contributed by atoms with van der Waals surface area (Å²) in [5.41, 5.74) is -0.695. The van der Waals surface area contributed by atoms with Crippen LogP contribution in [-0.4, -0.2) is 99.3 Å². The summed E-state index contributed by atoms with van der Waals surface area (Å²) in [5, 5.41) is 14.9. The molecule has 1 aliphatic carbocycles. The number of urea groups is 1. The van der Waals surface area contributed by atoms with Crippen LogP contribution < -0.4 is 26.6 Å². The molecule has 6 atom stereocenters. The molecule has 2 aliphatic rings. The van der Waals surface area contributed by atoms with E-state index in [0.717, 1.165) is 38.5 Å². The zero-order chi connectivity index (χ0) is 38.1. The molecule has 14 heteroatoms. The van der Waals surface area contributed by atoms with Gasteiger partial charge in [0.15, 0.2) is 11.1 Å². The van der Waals surface area contributed by atoms with Crippen LogP contribution in [0.4, 0.5) is 4.79 Å². The van der Waals surface area contributed by atoms with Crippen molar-refractivity contribution in [1.29, 1.82) is 0 Å². The molecule has 1 saturated heterocycles. The first-order chi connectivity index (χ1) is 24.1. The van der Waals surface area contributed by atoms with Gasteiger partial charge in [-0.3, -0.25) is 19.2 Å². The average Bonchev–Trinajstić information content (AvgIpc) is 3.54. The number of nitrogens with one attached hydrogen (secondary N) is 5. The number of likely N-dealkylation sites (tertiary alicyclic amines) is 1. The molecule has 13 nitrogen and oxygen atoms in total. The lowest BCUT2D eigenvalue weighted by molar-refractivity contribution is -0.144. The molecule has 1 heterocycles. The largest absolute Gasteiger partial charge is 0.346 e. The molecule has 1 aliphatic heterocycles. The molecular formula is C37H66N6O7S. The van der Waals surface area contributed by atoms with E-state index in [0.29, 0.717) is 45.3 Å². The van der Waals surface area contributed by atoms with Crippen LogP contribution in [0, 0.1) is 23.2 Å². The summed E-state index contributed by atoms with van der Waals surface area (Å²) in [6.45, 7) is 16.8. The molecule has 2 unspecified atom stereocenters. The molecule has 0 aromatic heterocycles. The molecule has 0 aromatic carbocycles. The monoisotopic (exact) mass is 738 g/mol. The maximum atomic E-state index is 14.4. The Bertz CT molecular complexity index is 1190. The van der Waals surface area contributed by atoms with Crippen LogP contribution in [0.3, 0.4) is 0 Å². The fraction of sp³-hybridized carbons (Fsp3) is 0.811. The number of nitrogens with zero attached hydrogens (tertiary/aromatic N) is 1. The Labute approximate surface area is 308 Å². The number of carbonyl (C=O) groups excluding carboxylic acids is 5. The average molecular weight is 739 g/mol. The van der Waals surface area contributed by atoms with Gasteiger partial charge in [0.25, 0.3) is 5.91 Å². The van der Waals surface area contributed by atoms with Gasteiger partial charge in [-0.2, -0.15) is 0 Å². The van der Waals surface area contributed by atoms with Crippen LogP contribution in [0.2, 0.25) is 0 Å². The van der Waals surface area contributed by atoms with Gasteiger partial charge in [-0.05, 0) is 68.2 Å². The quantitative estimate of drug-likeness (QED) is 0.0446. The molecule has 1 saturated carbocycles. The minimum absolute atomic E-state index is 0.0538. The Kier molecular flexibility index (Phi) is 19.4. The molecule has 292 valence electrons. The van der Waals surface area contributed by atoms with Crippen LogP contribution in [-0.2, 0) is 30.3 Å². The van der Waals surface area contributed by atoms with Crippen molar-refractivity contribution in [2.75, 3.05) is 31.9 Å². The number of amides is 5. The lowest BCUT2D eigenvalue weighted by Gasteiger charge is -2.38. The molecular weight excluding hydrogens is 673 g/mol. The summed E-state index contributed by atoms with van der Waals surface area (Å²) < 4.78 is 20.0. The van der Waals surface area contributed by atoms with E-state index in [-0.39, 0.29) is 42.0 Å². The first-order valence-corrected chi connectivity index (χ1v) is 20.3. The Morgan fingerprint density at radius 1 is 0.980 bits per heavy atom. The minimum Gasteiger partial charge on any atom is -0.346 e. The topological polar surface area (TPSA) is 186 Å².